The molecule has 1 atom stereocenters. The zero-order valence-electron chi connectivity index (χ0n) is 12.4. The Labute approximate surface area is 138 Å². The Bertz CT molecular complexity index is 747. The molecule has 1 aliphatic heterocycles. The third-order valence-corrected chi connectivity index (χ3v) is 4.69. The molecule has 2 aromatic rings. The SMILES string of the molecule is N#Cc1ccc(NC(=O)[C@@H]2CCCN2C(=O)c2cccs2)cc1. The molecule has 2 amide bonds. The first kappa shape index (κ1) is 15.3. The minimum Gasteiger partial charge on any atom is -0.326 e. The number of nitriles is 1. The average Bonchev–Trinajstić information content (AvgIpc) is 3.26. The van der Waals surface area contributed by atoms with Gasteiger partial charge in [-0.25, -0.2) is 0 Å². The van der Waals surface area contributed by atoms with Gasteiger partial charge in [-0.3, -0.25) is 9.59 Å². The Morgan fingerprint density at radius 3 is 2.70 bits per heavy atom. The van der Waals surface area contributed by atoms with E-state index < -0.39 is 6.04 Å². The second-order valence-electron chi connectivity index (χ2n) is 5.31. The van der Waals surface area contributed by atoms with Gasteiger partial charge in [0.25, 0.3) is 5.91 Å². The lowest BCUT2D eigenvalue weighted by molar-refractivity contribution is -0.119. The van der Waals surface area contributed by atoms with E-state index in [9.17, 15) is 9.59 Å². The van der Waals surface area contributed by atoms with Gasteiger partial charge in [0.05, 0.1) is 16.5 Å². The molecule has 0 bridgehead atoms. The summed E-state index contributed by atoms with van der Waals surface area (Å²) in [7, 11) is 0. The summed E-state index contributed by atoms with van der Waals surface area (Å²) in [4.78, 5) is 27.3. The predicted octanol–water partition coefficient (Wildman–Crippen LogP) is 2.86. The number of benzene rings is 1. The molecule has 6 heteroatoms. The van der Waals surface area contributed by atoms with Crippen LogP contribution in [0.4, 0.5) is 5.69 Å². The molecule has 1 aromatic carbocycles. The van der Waals surface area contributed by atoms with Gasteiger partial charge in [-0.05, 0) is 48.6 Å². The first-order valence-corrected chi connectivity index (χ1v) is 8.22. The van der Waals surface area contributed by atoms with Gasteiger partial charge < -0.3 is 10.2 Å². The van der Waals surface area contributed by atoms with Crippen LogP contribution < -0.4 is 5.32 Å². The van der Waals surface area contributed by atoms with E-state index in [1.807, 2.05) is 17.5 Å². The molecule has 0 spiro atoms. The van der Waals surface area contributed by atoms with Crippen molar-refractivity contribution in [1.29, 1.82) is 5.26 Å². The molecule has 1 fully saturated rings. The molecule has 0 unspecified atom stereocenters. The molecular weight excluding hydrogens is 310 g/mol. The molecule has 2 heterocycles. The van der Waals surface area contributed by atoms with Crippen molar-refractivity contribution >= 4 is 28.8 Å². The number of nitrogens with zero attached hydrogens (tertiary/aromatic N) is 2. The second-order valence-corrected chi connectivity index (χ2v) is 6.26. The van der Waals surface area contributed by atoms with Gasteiger partial charge in [0.2, 0.25) is 5.91 Å². The van der Waals surface area contributed by atoms with E-state index in [0.29, 0.717) is 29.1 Å². The number of thiophene rings is 1. The zero-order valence-corrected chi connectivity index (χ0v) is 13.2. The number of nitrogens with one attached hydrogen (secondary N) is 1. The van der Waals surface area contributed by atoms with Crippen LogP contribution in [0.3, 0.4) is 0 Å². The molecule has 116 valence electrons. The first-order valence-electron chi connectivity index (χ1n) is 7.34. The molecule has 1 aliphatic rings. The van der Waals surface area contributed by atoms with Crippen LogP contribution in [0.5, 0.6) is 0 Å². The van der Waals surface area contributed by atoms with Crippen molar-refractivity contribution in [2.24, 2.45) is 0 Å². The Morgan fingerprint density at radius 1 is 1.26 bits per heavy atom. The van der Waals surface area contributed by atoms with Crippen LogP contribution in [0, 0.1) is 11.3 Å². The maximum atomic E-state index is 12.5. The third kappa shape index (κ3) is 3.25. The maximum absolute atomic E-state index is 12.5. The standard InChI is InChI=1S/C17H15N3O2S/c18-11-12-5-7-13(8-6-12)19-16(21)14-3-1-9-20(14)17(22)15-4-2-10-23-15/h2,4-8,10,14H,1,3,9H2,(H,19,21)/t14-/m0/s1. The monoisotopic (exact) mass is 325 g/mol. The van der Waals surface area contributed by atoms with E-state index in [0.717, 1.165) is 6.42 Å². The highest BCUT2D eigenvalue weighted by Crippen LogP contribution is 2.23. The number of anilines is 1. The molecule has 3 rings (SSSR count). The fourth-order valence-electron chi connectivity index (χ4n) is 2.68. The van der Waals surface area contributed by atoms with E-state index >= 15 is 0 Å². The van der Waals surface area contributed by atoms with E-state index in [1.54, 1.807) is 35.2 Å². The number of amides is 2. The summed E-state index contributed by atoms with van der Waals surface area (Å²) < 4.78 is 0. The zero-order chi connectivity index (χ0) is 16.2. The highest BCUT2D eigenvalue weighted by Gasteiger charge is 2.34. The van der Waals surface area contributed by atoms with Crippen molar-refractivity contribution in [2.45, 2.75) is 18.9 Å². The number of hydrogen-bond acceptors (Lipinski definition) is 4. The van der Waals surface area contributed by atoms with Gasteiger partial charge in [0, 0.05) is 12.2 Å². The third-order valence-electron chi connectivity index (χ3n) is 3.83. The summed E-state index contributed by atoms with van der Waals surface area (Å²) in [5.74, 6) is -0.269. The Kier molecular flexibility index (Phi) is 4.40. The minimum atomic E-state index is -0.444. The first-order chi connectivity index (χ1) is 11.2. The van der Waals surface area contributed by atoms with Gasteiger partial charge >= 0.3 is 0 Å². The van der Waals surface area contributed by atoms with Crippen LogP contribution in [0.15, 0.2) is 41.8 Å². The number of hydrogen-bond donors (Lipinski definition) is 1. The average molecular weight is 325 g/mol. The molecule has 0 radical (unpaired) electrons. The molecule has 0 saturated carbocycles. The fraction of sp³-hybridized carbons (Fsp3) is 0.235. The van der Waals surface area contributed by atoms with Gasteiger partial charge in [-0.15, -0.1) is 11.3 Å². The van der Waals surface area contributed by atoms with E-state index in [4.69, 9.17) is 5.26 Å². The van der Waals surface area contributed by atoms with Crippen molar-refractivity contribution in [1.82, 2.24) is 4.90 Å². The maximum Gasteiger partial charge on any atom is 0.264 e. The smallest absolute Gasteiger partial charge is 0.264 e. The van der Waals surface area contributed by atoms with E-state index in [1.165, 1.54) is 11.3 Å². The van der Waals surface area contributed by atoms with Gasteiger partial charge in [-0.1, -0.05) is 6.07 Å². The summed E-state index contributed by atoms with van der Waals surface area (Å²) in [5.41, 5.74) is 1.17. The second kappa shape index (κ2) is 6.63. The quantitative estimate of drug-likeness (QED) is 0.943. The molecule has 5 nitrogen and oxygen atoms in total. The topological polar surface area (TPSA) is 73.2 Å². The Balaban J connectivity index is 1.70. The van der Waals surface area contributed by atoms with Gasteiger partial charge in [0.1, 0.15) is 6.04 Å². The largest absolute Gasteiger partial charge is 0.326 e. The lowest BCUT2D eigenvalue weighted by Crippen LogP contribution is -2.42. The Hall–Kier alpha value is -2.65. The van der Waals surface area contributed by atoms with Crippen LogP contribution in [0.25, 0.3) is 0 Å². The molecular formula is C17H15N3O2S. The fourth-order valence-corrected chi connectivity index (χ4v) is 3.36. The van der Waals surface area contributed by atoms with Crippen LogP contribution in [0.1, 0.15) is 28.1 Å². The minimum absolute atomic E-state index is 0.0857. The van der Waals surface area contributed by atoms with Gasteiger partial charge in [-0.2, -0.15) is 5.26 Å². The molecule has 1 aromatic heterocycles. The van der Waals surface area contributed by atoms with Crippen molar-refractivity contribution in [3.8, 4) is 6.07 Å². The number of rotatable bonds is 3. The van der Waals surface area contributed by atoms with Crippen molar-refractivity contribution in [3.05, 3.63) is 52.2 Å². The summed E-state index contributed by atoms with van der Waals surface area (Å²) >= 11 is 1.39. The van der Waals surface area contributed by atoms with Crippen molar-refractivity contribution in [3.63, 3.8) is 0 Å². The lowest BCUT2D eigenvalue weighted by atomic mass is 10.2. The Morgan fingerprint density at radius 2 is 2.04 bits per heavy atom. The summed E-state index contributed by atoms with van der Waals surface area (Å²) in [6.07, 6.45) is 1.49. The lowest BCUT2D eigenvalue weighted by Gasteiger charge is -2.23. The highest BCUT2D eigenvalue weighted by atomic mass is 32.1. The molecule has 1 saturated heterocycles. The summed E-state index contributed by atoms with van der Waals surface area (Å²) in [6, 6.07) is 11.9. The van der Waals surface area contributed by atoms with Crippen molar-refractivity contribution < 1.29 is 9.59 Å². The van der Waals surface area contributed by atoms with Crippen LogP contribution in [0.2, 0.25) is 0 Å². The highest BCUT2D eigenvalue weighted by molar-refractivity contribution is 7.12. The normalized spacial score (nSPS) is 16.8. The number of carbonyl (C=O) groups excluding carboxylic acids is 2. The van der Waals surface area contributed by atoms with Crippen molar-refractivity contribution in [2.75, 3.05) is 11.9 Å². The van der Waals surface area contributed by atoms with Crippen LogP contribution in [-0.2, 0) is 4.79 Å². The number of likely N-dealkylation sites (tertiary alicyclic amines) is 1. The van der Waals surface area contributed by atoms with E-state index in [2.05, 4.69) is 5.32 Å². The molecule has 23 heavy (non-hydrogen) atoms. The van der Waals surface area contributed by atoms with Crippen LogP contribution in [-0.4, -0.2) is 29.3 Å². The van der Waals surface area contributed by atoms with Crippen LogP contribution >= 0.6 is 11.3 Å². The molecule has 1 N–H and O–H groups in total. The van der Waals surface area contributed by atoms with Gasteiger partial charge in [0.15, 0.2) is 0 Å². The molecule has 0 aliphatic carbocycles. The summed E-state index contributed by atoms with van der Waals surface area (Å²) in [5, 5.41) is 13.5. The van der Waals surface area contributed by atoms with E-state index in [-0.39, 0.29) is 11.8 Å². The predicted molar refractivity (Wildman–Crippen MR) is 88.2 cm³/mol. The number of carbonyl (C=O) groups is 2. The summed E-state index contributed by atoms with van der Waals surface area (Å²) in [6.45, 7) is 0.599.